The highest BCUT2D eigenvalue weighted by molar-refractivity contribution is 5.94. The normalized spacial score (nSPS) is 16.1. The van der Waals surface area contributed by atoms with Gasteiger partial charge < -0.3 is 10.1 Å². The zero-order valence-electron chi connectivity index (χ0n) is 16.1. The SMILES string of the molecule is COc1cc(-c2cc3n(n2)CCC[C@@H]3NC(=O)c2cccc(C(F)(F)F)c2)ccn1. The second kappa shape index (κ2) is 7.81. The third-order valence-corrected chi connectivity index (χ3v) is 5.03. The van der Waals surface area contributed by atoms with Gasteiger partial charge in [-0.25, -0.2) is 4.98 Å². The Morgan fingerprint density at radius 2 is 2.07 bits per heavy atom. The fraction of sp³-hybridized carbons (Fsp3) is 0.286. The van der Waals surface area contributed by atoms with Crippen LogP contribution in [0.4, 0.5) is 13.2 Å². The van der Waals surface area contributed by atoms with Gasteiger partial charge in [-0.15, -0.1) is 0 Å². The molecule has 3 heterocycles. The molecule has 1 aliphatic rings. The van der Waals surface area contributed by atoms with Crippen LogP contribution in [0.1, 0.15) is 40.5 Å². The summed E-state index contributed by atoms with van der Waals surface area (Å²) in [7, 11) is 1.53. The lowest BCUT2D eigenvalue weighted by Gasteiger charge is -2.24. The van der Waals surface area contributed by atoms with Gasteiger partial charge in [-0.3, -0.25) is 9.48 Å². The van der Waals surface area contributed by atoms with Crippen molar-refractivity contribution in [3.8, 4) is 17.1 Å². The molecule has 3 aromatic rings. The molecule has 9 heteroatoms. The van der Waals surface area contributed by atoms with Crippen LogP contribution < -0.4 is 10.1 Å². The maximum absolute atomic E-state index is 12.9. The second-order valence-corrected chi connectivity index (χ2v) is 7.01. The van der Waals surface area contributed by atoms with Crippen molar-refractivity contribution in [1.29, 1.82) is 0 Å². The summed E-state index contributed by atoms with van der Waals surface area (Å²) in [4.78, 5) is 16.7. The Bertz CT molecular complexity index is 1080. The Labute approximate surface area is 170 Å². The Balaban J connectivity index is 1.58. The first-order valence-electron chi connectivity index (χ1n) is 9.41. The summed E-state index contributed by atoms with van der Waals surface area (Å²) in [5, 5.41) is 7.46. The third kappa shape index (κ3) is 4.00. The lowest BCUT2D eigenvalue weighted by Crippen LogP contribution is -2.32. The van der Waals surface area contributed by atoms with Crippen molar-refractivity contribution >= 4 is 5.91 Å². The van der Waals surface area contributed by atoms with Gasteiger partial charge in [0.05, 0.1) is 30.1 Å². The number of nitrogens with zero attached hydrogens (tertiary/aromatic N) is 3. The molecule has 0 saturated heterocycles. The number of carbonyl (C=O) groups excluding carboxylic acids is 1. The number of aromatic nitrogens is 3. The van der Waals surface area contributed by atoms with Gasteiger partial charge in [0.15, 0.2) is 0 Å². The van der Waals surface area contributed by atoms with Gasteiger partial charge in [0.2, 0.25) is 5.88 Å². The minimum absolute atomic E-state index is 0.0273. The number of carbonyl (C=O) groups is 1. The van der Waals surface area contributed by atoms with Crippen LogP contribution in [0.3, 0.4) is 0 Å². The fourth-order valence-corrected chi connectivity index (χ4v) is 3.53. The van der Waals surface area contributed by atoms with E-state index < -0.39 is 17.6 Å². The van der Waals surface area contributed by atoms with E-state index in [4.69, 9.17) is 4.74 Å². The second-order valence-electron chi connectivity index (χ2n) is 7.01. The van der Waals surface area contributed by atoms with Crippen LogP contribution in [0.2, 0.25) is 0 Å². The van der Waals surface area contributed by atoms with Crippen molar-refractivity contribution in [3.05, 3.63) is 65.5 Å². The molecule has 1 aliphatic heterocycles. The van der Waals surface area contributed by atoms with Crippen LogP contribution >= 0.6 is 0 Å². The molecule has 0 bridgehead atoms. The van der Waals surface area contributed by atoms with Gasteiger partial charge in [-0.1, -0.05) is 6.07 Å². The zero-order chi connectivity index (χ0) is 21.3. The number of rotatable bonds is 4. The summed E-state index contributed by atoms with van der Waals surface area (Å²) in [6, 6.07) is 9.54. The Kier molecular flexibility index (Phi) is 5.19. The summed E-state index contributed by atoms with van der Waals surface area (Å²) < 4.78 is 45.8. The van der Waals surface area contributed by atoms with E-state index in [1.54, 1.807) is 12.3 Å². The molecule has 0 unspecified atom stereocenters. The van der Waals surface area contributed by atoms with Crippen molar-refractivity contribution < 1.29 is 22.7 Å². The van der Waals surface area contributed by atoms with Gasteiger partial charge in [-0.05, 0) is 43.2 Å². The smallest absolute Gasteiger partial charge is 0.416 e. The highest BCUT2D eigenvalue weighted by Crippen LogP contribution is 2.32. The Hall–Kier alpha value is -3.36. The largest absolute Gasteiger partial charge is 0.481 e. The minimum Gasteiger partial charge on any atom is -0.481 e. The summed E-state index contributed by atoms with van der Waals surface area (Å²) in [5.74, 6) is -0.0826. The van der Waals surface area contributed by atoms with Crippen molar-refractivity contribution in [2.75, 3.05) is 7.11 Å². The standard InChI is InChI=1S/C21H19F3N4O2/c1-30-19-11-13(7-8-25-19)17-12-18-16(6-3-9-28(18)27-17)26-20(29)14-4-2-5-15(10-14)21(22,23)24/h2,4-5,7-8,10-12,16H,3,6,9H2,1H3,(H,26,29)/t16-/m0/s1. The van der Waals surface area contributed by atoms with E-state index in [1.807, 2.05) is 16.8 Å². The molecule has 156 valence electrons. The number of ether oxygens (including phenoxy) is 1. The number of benzene rings is 1. The Morgan fingerprint density at radius 3 is 2.83 bits per heavy atom. The number of halogens is 3. The van der Waals surface area contributed by atoms with E-state index in [1.165, 1.54) is 19.2 Å². The number of nitrogens with one attached hydrogen (secondary N) is 1. The van der Waals surface area contributed by atoms with Crippen LogP contribution in [0.15, 0.2) is 48.7 Å². The van der Waals surface area contributed by atoms with E-state index in [-0.39, 0.29) is 11.6 Å². The molecular weight excluding hydrogens is 397 g/mol. The molecule has 4 rings (SSSR count). The number of alkyl halides is 3. The number of aryl methyl sites for hydroxylation is 1. The first kappa shape index (κ1) is 19.9. The number of hydrogen-bond acceptors (Lipinski definition) is 4. The molecule has 1 aromatic carbocycles. The lowest BCUT2D eigenvalue weighted by atomic mass is 10.0. The topological polar surface area (TPSA) is 69.0 Å². The van der Waals surface area contributed by atoms with Crippen molar-refractivity contribution in [2.24, 2.45) is 0 Å². The Morgan fingerprint density at radius 1 is 1.23 bits per heavy atom. The highest BCUT2D eigenvalue weighted by Gasteiger charge is 2.31. The number of amides is 1. The monoisotopic (exact) mass is 416 g/mol. The van der Waals surface area contributed by atoms with E-state index in [0.29, 0.717) is 24.5 Å². The zero-order valence-corrected chi connectivity index (χ0v) is 16.1. The van der Waals surface area contributed by atoms with Crippen molar-refractivity contribution in [2.45, 2.75) is 31.6 Å². The van der Waals surface area contributed by atoms with Gasteiger partial charge in [-0.2, -0.15) is 18.3 Å². The predicted molar refractivity (Wildman–Crippen MR) is 103 cm³/mol. The lowest BCUT2D eigenvalue weighted by molar-refractivity contribution is -0.137. The van der Waals surface area contributed by atoms with Gasteiger partial charge in [0.25, 0.3) is 5.91 Å². The molecule has 0 saturated carbocycles. The number of methoxy groups -OCH3 is 1. The molecule has 2 aromatic heterocycles. The van der Waals surface area contributed by atoms with Crippen LogP contribution in [-0.2, 0) is 12.7 Å². The molecule has 0 spiro atoms. The minimum atomic E-state index is -4.50. The molecule has 1 N–H and O–H groups in total. The molecule has 1 atom stereocenters. The average molecular weight is 416 g/mol. The quantitative estimate of drug-likeness (QED) is 0.691. The third-order valence-electron chi connectivity index (χ3n) is 5.03. The van der Waals surface area contributed by atoms with Crippen LogP contribution in [0.25, 0.3) is 11.3 Å². The molecule has 1 amide bonds. The maximum Gasteiger partial charge on any atom is 0.416 e. The van der Waals surface area contributed by atoms with Crippen LogP contribution in [0, 0.1) is 0 Å². The summed E-state index contributed by atoms with van der Waals surface area (Å²) >= 11 is 0. The molecule has 30 heavy (non-hydrogen) atoms. The number of hydrogen-bond donors (Lipinski definition) is 1. The van der Waals surface area contributed by atoms with Crippen LogP contribution in [0.5, 0.6) is 5.88 Å². The van der Waals surface area contributed by atoms with E-state index in [2.05, 4.69) is 15.4 Å². The first-order chi connectivity index (χ1) is 14.3. The molecule has 0 aliphatic carbocycles. The summed E-state index contributed by atoms with van der Waals surface area (Å²) in [6.45, 7) is 0.702. The highest BCUT2D eigenvalue weighted by atomic mass is 19.4. The maximum atomic E-state index is 12.9. The number of pyridine rings is 1. The molecule has 6 nitrogen and oxygen atoms in total. The average Bonchev–Trinajstić information content (AvgIpc) is 3.19. The van der Waals surface area contributed by atoms with E-state index in [0.717, 1.165) is 29.8 Å². The summed E-state index contributed by atoms with van der Waals surface area (Å²) in [6.07, 6.45) is -1.41. The fourth-order valence-electron chi connectivity index (χ4n) is 3.53. The van der Waals surface area contributed by atoms with E-state index in [9.17, 15) is 18.0 Å². The van der Waals surface area contributed by atoms with Crippen molar-refractivity contribution in [3.63, 3.8) is 0 Å². The van der Waals surface area contributed by atoms with Gasteiger partial charge in [0, 0.05) is 29.9 Å². The van der Waals surface area contributed by atoms with Crippen molar-refractivity contribution in [1.82, 2.24) is 20.1 Å². The van der Waals surface area contributed by atoms with Gasteiger partial charge >= 0.3 is 6.18 Å². The van der Waals surface area contributed by atoms with Gasteiger partial charge in [0.1, 0.15) is 0 Å². The molecular formula is C21H19F3N4O2. The summed E-state index contributed by atoms with van der Waals surface area (Å²) in [5.41, 5.74) is 1.48. The first-order valence-corrected chi connectivity index (χ1v) is 9.41. The molecule has 0 radical (unpaired) electrons. The van der Waals surface area contributed by atoms with E-state index >= 15 is 0 Å². The molecule has 0 fully saturated rings. The van der Waals surface area contributed by atoms with Crippen LogP contribution in [-0.4, -0.2) is 27.8 Å². The predicted octanol–water partition coefficient (Wildman–Crippen LogP) is 4.24. The number of fused-ring (bicyclic) bond motifs is 1.